The summed E-state index contributed by atoms with van der Waals surface area (Å²) in [6, 6.07) is 4.24. The highest BCUT2D eigenvalue weighted by atomic mass is 15.2. The molecule has 0 aliphatic carbocycles. The van der Waals surface area contributed by atoms with Gasteiger partial charge in [-0.1, -0.05) is 18.2 Å². The fourth-order valence-corrected chi connectivity index (χ4v) is 1.81. The van der Waals surface area contributed by atoms with E-state index in [1.165, 1.54) is 5.56 Å². The van der Waals surface area contributed by atoms with E-state index in [1.807, 2.05) is 14.0 Å². The summed E-state index contributed by atoms with van der Waals surface area (Å²) in [4.78, 5) is 6.90. The van der Waals surface area contributed by atoms with Crippen LogP contribution in [0.15, 0.2) is 24.3 Å². The Labute approximate surface area is 105 Å². The molecule has 94 valence electrons. The van der Waals surface area contributed by atoms with Gasteiger partial charge < -0.3 is 10.2 Å². The first kappa shape index (κ1) is 13.7. The van der Waals surface area contributed by atoms with Gasteiger partial charge >= 0.3 is 0 Å². The van der Waals surface area contributed by atoms with Gasteiger partial charge in [-0.15, -0.1) is 0 Å². The second-order valence-corrected chi connectivity index (χ2v) is 4.42. The van der Waals surface area contributed by atoms with Gasteiger partial charge in [0.15, 0.2) is 0 Å². The van der Waals surface area contributed by atoms with Crippen LogP contribution < -0.4 is 10.2 Å². The molecule has 1 rings (SSSR count). The molecule has 0 saturated heterocycles. The maximum Gasteiger partial charge on any atom is 0.129 e. The monoisotopic (exact) mass is 233 g/mol. The van der Waals surface area contributed by atoms with Crippen molar-refractivity contribution in [2.24, 2.45) is 0 Å². The largest absolute Gasteiger partial charge is 0.353 e. The Bertz CT molecular complexity index is 385. The summed E-state index contributed by atoms with van der Waals surface area (Å²) in [5, 5.41) is 3.15. The first-order chi connectivity index (χ1) is 8.08. The third kappa shape index (κ3) is 3.86. The van der Waals surface area contributed by atoms with Crippen molar-refractivity contribution in [1.29, 1.82) is 0 Å². The van der Waals surface area contributed by atoms with Crippen LogP contribution in [0.3, 0.4) is 0 Å². The Morgan fingerprint density at radius 3 is 2.65 bits per heavy atom. The Morgan fingerprint density at radius 1 is 1.47 bits per heavy atom. The summed E-state index contributed by atoms with van der Waals surface area (Å²) in [6.07, 6.45) is 0. The minimum atomic E-state index is 0.867. The third-order valence-electron chi connectivity index (χ3n) is 2.71. The van der Waals surface area contributed by atoms with Crippen molar-refractivity contribution >= 4 is 5.82 Å². The number of anilines is 1. The number of rotatable bonds is 6. The number of aryl methyl sites for hydroxylation is 1. The van der Waals surface area contributed by atoms with Crippen LogP contribution >= 0.6 is 0 Å². The van der Waals surface area contributed by atoms with Crippen LogP contribution in [-0.4, -0.2) is 25.1 Å². The molecule has 0 aromatic carbocycles. The van der Waals surface area contributed by atoms with Gasteiger partial charge in [0.1, 0.15) is 5.82 Å². The van der Waals surface area contributed by atoms with Gasteiger partial charge in [-0.25, -0.2) is 4.98 Å². The Morgan fingerprint density at radius 2 is 2.18 bits per heavy atom. The molecular formula is C14H23N3. The van der Waals surface area contributed by atoms with Crippen LogP contribution in [0.2, 0.25) is 0 Å². The van der Waals surface area contributed by atoms with Crippen molar-refractivity contribution in [2.75, 3.05) is 25.0 Å². The second kappa shape index (κ2) is 6.40. The summed E-state index contributed by atoms with van der Waals surface area (Å²) in [5.41, 5.74) is 3.50. The fourth-order valence-electron chi connectivity index (χ4n) is 1.81. The average Bonchev–Trinajstić information content (AvgIpc) is 2.28. The Hall–Kier alpha value is -1.35. The molecule has 1 N–H and O–H groups in total. The first-order valence-electron chi connectivity index (χ1n) is 6.09. The summed E-state index contributed by atoms with van der Waals surface area (Å²) < 4.78 is 0. The molecule has 0 aliphatic rings. The number of nitrogens with one attached hydrogen (secondary N) is 1. The molecule has 0 atom stereocenters. The predicted octanol–water partition coefficient (Wildman–Crippen LogP) is 2.51. The molecule has 0 radical (unpaired) electrons. The third-order valence-corrected chi connectivity index (χ3v) is 2.71. The molecule has 0 aliphatic heterocycles. The minimum Gasteiger partial charge on any atom is -0.353 e. The standard InChI is InChI=1S/C14H23N3/c1-6-17(10-11(2)3)14-8-7-13(9-15-5)12(4)16-14/h7-8,15H,2,6,9-10H2,1,3-5H3. The molecule has 17 heavy (non-hydrogen) atoms. The van der Waals surface area contributed by atoms with E-state index in [9.17, 15) is 0 Å². The number of hydrogen-bond donors (Lipinski definition) is 1. The van der Waals surface area contributed by atoms with Crippen LogP contribution in [0.5, 0.6) is 0 Å². The van der Waals surface area contributed by atoms with E-state index < -0.39 is 0 Å². The van der Waals surface area contributed by atoms with Gasteiger partial charge in [-0.3, -0.25) is 0 Å². The molecule has 1 heterocycles. The number of nitrogens with zero attached hydrogens (tertiary/aromatic N) is 2. The van der Waals surface area contributed by atoms with Crippen molar-refractivity contribution in [3.63, 3.8) is 0 Å². The van der Waals surface area contributed by atoms with Gasteiger partial charge in [-0.05, 0) is 39.4 Å². The quantitative estimate of drug-likeness (QED) is 0.765. The van der Waals surface area contributed by atoms with Crippen LogP contribution in [0, 0.1) is 6.92 Å². The number of pyridine rings is 1. The van der Waals surface area contributed by atoms with Gasteiger partial charge in [-0.2, -0.15) is 0 Å². The van der Waals surface area contributed by atoms with Crippen molar-refractivity contribution in [3.05, 3.63) is 35.5 Å². The number of aromatic nitrogens is 1. The van der Waals surface area contributed by atoms with E-state index in [4.69, 9.17) is 0 Å². The highest BCUT2D eigenvalue weighted by Gasteiger charge is 2.07. The molecule has 0 bridgehead atoms. The Balaban J connectivity index is 2.90. The topological polar surface area (TPSA) is 28.2 Å². The SMILES string of the molecule is C=C(C)CN(CC)c1ccc(CNC)c(C)n1. The molecule has 3 nitrogen and oxygen atoms in total. The molecule has 0 amide bonds. The first-order valence-corrected chi connectivity index (χ1v) is 6.09. The maximum atomic E-state index is 4.66. The van der Waals surface area contributed by atoms with Crippen LogP contribution in [-0.2, 0) is 6.54 Å². The van der Waals surface area contributed by atoms with E-state index in [0.29, 0.717) is 0 Å². The fraction of sp³-hybridized carbons (Fsp3) is 0.500. The predicted molar refractivity (Wildman–Crippen MR) is 74.4 cm³/mol. The van der Waals surface area contributed by atoms with Gasteiger partial charge in [0.25, 0.3) is 0 Å². The molecule has 0 spiro atoms. The van der Waals surface area contributed by atoms with Crippen molar-refractivity contribution in [2.45, 2.75) is 27.3 Å². The lowest BCUT2D eigenvalue weighted by Crippen LogP contribution is -2.25. The van der Waals surface area contributed by atoms with E-state index in [-0.39, 0.29) is 0 Å². The van der Waals surface area contributed by atoms with Crippen LogP contribution in [0.1, 0.15) is 25.1 Å². The van der Waals surface area contributed by atoms with Crippen LogP contribution in [0.25, 0.3) is 0 Å². The van der Waals surface area contributed by atoms with Gasteiger partial charge in [0.05, 0.1) is 0 Å². The lowest BCUT2D eigenvalue weighted by Gasteiger charge is -2.23. The lowest BCUT2D eigenvalue weighted by atomic mass is 10.2. The highest BCUT2D eigenvalue weighted by molar-refractivity contribution is 5.42. The summed E-state index contributed by atoms with van der Waals surface area (Å²) in [7, 11) is 1.95. The highest BCUT2D eigenvalue weighted by Crippen LogP contribution is 2.15. The zero-order valence-electron chi connectivity index (χ0n) is 11.4. The zero-order valence-corrected chi connectivity index (χ0v) is 11.4. The molecule has 3 heteroatoms. The normalized spacial score (nSPS) is 10.4. The molecule has 0 unspecified atom stereocenters. The molecule has 0 saturated carbocycles. The molecule has 1 aromatic rings. The molecule has 1 aromatic heterocycles. The average molecular weight is 233 g/mol. The maximum absolute atomic E-state index is 4.66. The van der Waals surface area contributed by atoms with Crippen LogP contribution in [0.4, 0.5) is 5.82 Å². The number of likely N-dealkylation sites (N-methyl/N-ethyl adjacent to an activating group) is 1. The molecule has 0 fully saturated rings. The number of hydrogen-bond acceptors (Lipinski definition) is 3. The second-order valence-electron chi connectivity index (χ2n) is 4.42. The smallest absolute Gasteiger partial charge is 0.129 e. The summed E-state index contributed by atoms with van der Waals surface area (Å²) >= 11 is 0. The van der Waals surface area contributed by atoms with E-state index in [2.05, 4.69) is 47.8 Å². The van der Waals surface area contributed by atoms with E-state index in [1.54, 1.807) is 0 Å². The van der Waals surface area contributed by atoms with Gasteiger partial charge in [0.2, 0.25) is 0 Å². The zero-order chi connectivity index (χ0) is 12.8. The minimum absolute atomic E-state index is 0.867. The van der Waals surface area contributed by atoms with Crippen molar-refractivity contribution in [1.82, 2.24) is 10.3 Å². The van der Waals surface area contributed by atoms with Crippen molar-refractivity contribution < 1.29 is 0 Å². The van der Waals surface area contributed by atoms with E-state index in [0.717, 1.165) is 36.7 Å². The van der Waals surface area contributed by atoms with E-state index >= 15 is 0 Å². The molecular weight excluding hydrogens is 210 g/mol. The summed E-state index contributed by atoms with van der Waals surface area (Å²) in [5.74, 6) is 1.04. The van der Waals surface area contributed by atoms with Gasteiger partial charge in [0, 0.05) is 25.3 Å². The summed E-state index contributed by atoms with van der Waals surface area (Å²) in [6.45, 7) is 12.9. The lowest BCUT2D eigenvalue weighted by molar-refractivity contribution is 0.797. The van der Waals surface area contributed by atoms with Crippen molar-refractivity contribution in [3.8, 4) is 0 Å². The Kier molecular flexibility index (Phi) is 5.16.